The number of pyridine rings is 1. The first-order valence-corrected chi connectivity index (χ1v) is 5.42. The molecular formula is C13H14FN3O. The van der Waals surface area contributed by atoms with Crippen molar-refractivity contribution < 1.29 is 9.13 Å². The van der Waals surface area contributed by atoms with Crippen molar-refractivity contribution in [3.63, 3.8) is 0 Å². The molecule has 4 nitrogen and oxygen atoms in total. The minimum Gasteiger partial charge on any atom is -0.479 e. The number of nitrogen functional groups attached to an aromatic ring is 1. The van der Waals surface area contributed by atoms with E-state index in [1.165, 1.54) is 13.2 Å². The standard InChI is InChI=1S/C13H14FN3O/c1-17(11-6-4-3-5-9(11)14)12-8-7-10(15)13(16-12)18-2/h3-8H,15H2,1-2H3. The molecule has 2 rings (SSSR count). The SMILES string of the molecule is COc1nc(N(C)c2ccccc2F)ccc1N. The van der Waals surface area contributed by atoms with E-state index in [1.807, 2.05) is 0 Å². The second-order valence-corrected chi connectivity index (χ2v) is 3.78. The van der Waals surface area contributed by atoms with Gasteiger partial charge in [0.25, 0.3) is 0 Å². The normalized spacial score (nSPS) is 10.2. The molecule has 0 aliphatic carbocycles. The summed E-state index contributed by atoms with van der Waals surface area (Å²) in [7, 11) is 3.22. The Morgan fingerprint density at radius 1 is 1.22 bits per heavy atom. The number of methoxy groups -OCH3 is 1. The number of hydrogen-bond donors (Lipinski definition) is 1. The van der Waals surface area contributed by atoms with Crippen molar-refractivity contribution in [1.82, 2.24) is 4.98 Å². The molecule has 18 heavy (non-hydrogen) atoms. The van der Waals surface area contributed by atoms with E-state index < -0.39 is 0 Å². The highest BCUT2D eigenvalue weighted by Gasteiger charge is 2.11. The van der Waals surface area contributed by atoms with Gasteiger partial charge in [0.15, 0.2) is 0 Å². The second-order valence-electron chi connectivity index (χ2n) is 3.78. The zero-order valence-corrected chi connectivity index (χ0v) is 10.2. The van der Waals surface area contributed by atoms with Crippen LogP contribution in [0.1, 0.15) is 0 Å². The number of nitrogens with two attached hydrogens (primary N) is 1. The summed E-state index contributed by atoms with van der Waals surface area (Å²) in [5.41, 5.74) is 6.58. The lowest BCUT2D eigenvalue weighted by Crippen LogP contribution is -2.13. The van der Waals surface area contributed by atoms with Gasteiger partial charge in [-0.05, 0) is 24.3 Å². The van der Waals surface area contributed by atoms with E-state index in [-0.39, 0.29) is 5.82 Å². The highest BCUT2D eigenvalue weighted by atomic mass is 19.1. The van der Waals surface area contributed by atoms with Crippen LogP contribution in [0.25, 0.3) is 0 Å². The molecule has 2 aromatic rings. The molecule has 0 radical (unpaired) electrons. The second kappa shape index (κ2) is 4.91. The maximum atomic E-state index is 13.7. The molecule has 0 bridgehead atoms. The molecule has 1 aromatic carbocycles. The van der Waals surface area contributed by atoms with Crippen LogP contribution in [0.3, 0.4) is 0 Å². The maximum Gasteiger partial charge on any atom is 0.238 e. The molecule has 0 saturated carbocycles. The van der Waals surface area contributed by atoms with Crippen molar-refractivity contribution in [3.05, 3.63) is 42.2 Å². The van der Waals surface area contributed by atoms with Crippen LogP contribution in [0.5, 0.6) is 5.88 Å². The maximum absolute atomic E-state index is 13.7. The van der Waals surface area contributed by atoms with E-state index in [9.17, 15) is 4.39 Å². The molecule has 94 valence electrons. The first kappa shape index (κ1) is 12.2. The summed E-state index contributed by atoms with van der Waals surface area (Å²) in [6, 6.07) is 9.89. The van der Waals surface area contributed by atoms with E-state index in [0.29, 0.717) is 23.1 Å². The smallest absolute Gasteiger partial charge is 0.238 e. The van der Waals surface area contributed by atoms with E-state index in [2.05, 4.69) is 4.98 Å². The number of nitrogens with zero attached hydrogens (tertiary/aromatic N) is 2. The van der Waals surface area contributed by atoms with Crippen molar-refractivity contribution in [2.75, 3.05) is 24.8 Å². The van der Waals surface area contributed by atoms with Crippen molar-refractivity contribution >= 4 is 17.2 Å². The van der Waals surface area contributed by atoms with Crippen LogP contribution in [0.4, 0.5) is 21.6 Å². The third kappa shape index (κ3) is 2.20. The Labute approximate surface area is 105 Å². The fourth-order valence-electron chi connectivity index (χ4n) is 1.64. The molecule has 1 aromatic heterocycles. The van der Waals surface area contributed by atoms with E-state index >= 15 is 0 Å². The largest absolute Gasteiger partial charge is 0.479 e. The van der Waals surface area contributed by atoms with Crippen molar-refractivity contribution in [3.8, 4) is 5.88 Å². The minimum absolute atomic E-state index is 0.308. The number of hydrogen-bond acceptors (Lipinski definition) is 4. The van der Waals surface area contributed by atoms with Crippen molar-refractivity contribution in [2.45, 2.75) is 0 Å². The molecule has 0 spiro atoms. The number of anilines is 3. The predicted octanol–water partition coefficient (Wildman–Crippen LogP) is 2.58. The lowest BCUT2D eigenvalue weighted by Gasteiger charge is -2.19. The third-order valence-corrected chi connectivity index (χ3v) is 2.63. The summed E-state index contributed by atoms with van der Waals surface area (Å²) in [4.78, 5) is 5.86. The van der Waals surface area contributed by atoms with Gasteiger partial charge in [-0.25, -0.2) is 4.39 Å². The Kier molecular flexibility index (Phi) is 3.32. The number of para-hydroxylation sites is 1. The Morgan fingerprint density at radius 3 is 2.61 bits per heavy atom. The highest BCUT2D eigenvalue weighted by molar-refractivity contribution is 5.63. The van der Waals surface area contributed by atoms with Crippen molar-refractivity contribution in [1.29, 1.82) is 0 Å². The Bertz CT molecular complexity index is 560. The zero-order chi connectivity index (χ0) is 13.1. The van der Waals surface area contributed by atoms with Gasteiger partial charge in [-0.15, -0.1) is 0 Å². The van der Waals surface area contributed by atoms with E-state index in [1.54, 1.807) is 42.3 Å². The lowest BCUT2D eigenvalue weighted by atomic mass is 10.2. The van der Waals surface area contributed by atoms with Gasteiger partial charge in [0.1, 0.15) is 11.6 Å². The first-order chi connectivity index (χ1) is 8.63. The summed E-state index contributed by atoms with van der Waals surface area (Å²) in [5.74, 6) is 0.583. The van der Waals surface area contributed by atoms with Crippen LogP contribution >= 0.6 is 0 Å². The highest BCUT2D eigenvalue weighted by Crippen LogP contribution is 2.28. The van der Waals surface area contributed by atoms with Crippen LogP contribution in [-0.2, 0) is 0 Å². The Morgan fingerprint density at radius 2 is 1.94 bits per heavy atom. The molecule has 0 saturated heterocycles. The van der Waals surface area contributed by atoms with Gasteiger partial charge >= 0.3 is 0 Å². The Balaban J connectivity index is 2.40. The average molecular weight is 247 g/mol. The van der Waals surface area contributed by atoms with Crippen LogP contribution in [0.15, 0.2) is 36.4 Å². The van der Waals surface area contributed by atoms with Gasteiger partial charge in [0, 0.05) is 7.05 Å². The van der Waals surface area contributed by atoms with Crippen LogP contribution in [0.2, 0.25) is 0 Å². The number of aromatic nitrogens is 1. The first-order valence-electron chi connectivity index (χ1n) is 5.42. The van der Waals surface area contributed by atoms with Gasteiger partial charge in [0.05, 0.1) is 18.5 Å². The molecular weight excluding hydrogens is 233 g/mol. The predicted molar refractivity (Wildman–Crippen MR) is 69.7 cm³/mol. The molecule has 0 atom stereocenters. The molecule has 2 N–H and O–H groups in total. The summed E-state index contributed by atoms with van der Waals surface area (Å²) < 4.78 is 18.7. The minimum atomic E-state index is -0.308. The number of rotatable bonds is 3. The molecule has 0 fully saturated rings. The van der Waals surface area contributed by atoms with Crippen molar-refractivity contribution in [2.24, 2.45) is 0 Å². The lowest BCUT2D eigenvalue weighted by molar-refractivity contribution is 0.400. The molecule has 0 aliphatic rings. The number of benzene rings is 1. The zero-order valence-electron chi connectivity index (χ0n) is 10.2. The molecule has 1 heterocycles. The van der Waals surface area contributed by atoms with Gasteiger partial charge in [-0.2, -0.15) is 4.98 Å². The van der Waals surface area contributed by atoms with E-state index in [4.69, 9.17) is 10.5 Å². The molecule has 0 aliphatic heterocycles. The fraction of sp³-hybridized carbons (Fsp3) is 0.154. The average Bonchev–Trinajstić information content (AvgIpc) is 2.39. The van der Waals surface area contributed by atoms with Crippen LogP contribution in [-0.4, -0.2) is 19.1 Å². The molecule has 0 unspecified atom stereocenters. The summed E-state index contributed by atoms with van der Waals surface area (Å²) >= 11 is 0. The van der Waals surface area contributed by atoms with Gasteiger partial charge in [-0.3, -0.25) is 0 Å². The van der Waals surface area contributed by atoms with Gasteiger partial charge < -0.3 is 15.4 Å². The topological polar surface area (TPSA) is 51.4 Å². The van der Waals surface area contributed by atoms with Crippen LogP contribution < -0.4 is 15.4 Å². The summed E-state index contributed by atoms with van der Waals surface area (Å²) in [5, 5.41) is 0. The fourth-order valence-corrected chi connectivity index (χ4v) is 1.64. The monoisotopic (exact) mass is 247 g/mol. The summed E-state index contributed by atoms with van der Waals surface area (Å²) in [6.45, 7) is 0. The van der Waals surface area contributed by atoms with E-state index in [0.717, 1.165) is 0 Å². The summed E-state index contributed by atoms with van der Waals surface area (Å²) in [6.07, 6.45) is 0. The quantitative estimate of drug-likeness (QED) is 0.905. The third-order valence-electron chi connectivity index (χ3n) is 2.63. The number of halogens is 1. The molecule has 5 heteroatoms. The number of ether oxygens (including phenoxy) is 1. The van der Waals surface area contributed by atoms with Crippen LogP contribution in [0, 0.1) is 5.82 Å². The Hall–Kier alpha value is -2.30. The molecule has 0 amide bonds. The van der Waals surface area contributed by atoms with Gasteiger partial charge in [0.2, 0.25) is 5.88 Å². The van der Waals surface area contributed by atoms with Gasteiger partial charge in [-0.1, -0.05) is 12.1 Å².